The van der Waals surface area contributed by atoms with E-state index in [1.54, 1.807) is 0 Å². The third-order valence-corrected chi connectivity index (χ3v) is 5.44. The second kappa shape index (κ2) is 10.5. The van der Waals surface area contributed by atoms with Crippen molar-refractivity contribution >= 4 is 5.96 Å². The summed E-state index contributed by atoms with van der Waals surface area (Å²) < 4.78 is 5.99. The number of guanidine groups is 1. The molecule has 0 atom stereocenters. The number of aliphatic hydroxyl groups is 1. The first-order valence-corrected chi connectivity index (χ1v) is 10.6. The zero-order chi connectivity index (χ0) is 18.9. The van der Waals surface area contributed by atoms with Gasteiger partial charge in [0.1, 0.15) is 6.10 Å². The fraction of sp³-hybridized carbons (Fsp3) is 0.714. The van der Waals surface area contributed by atoms with E-state index in [1.165, 1.54) is 19.3 Å². The minimum absolute atomic E-state index is 0.136. The van der Waals surface area contributed by atoms with Crippen LogP contribution in [0.3, 0.4) is 0 Å². The number of hydrogen-bond acceptors (Lipinski definition) is 4. The van der Waals surface area contributed by atoms with Crippen LogP contribution in [0.4, 0.5) is 0 Å². The molecule has 0 saturated heterocycles. The van der Waals surface area contributed by atoms with Gasteiger partial charge < -0.3 is 20.5 Å². The van der Waals surface area contributed by atoms with Crippen molar-refractivity contribution < 1.29 is 9.84 Å². The number of aliphatic imine (C=N–C) groups is 1. The van der Waals surface area contributed by atoms with E-state index >= 15 is 0 Å². The highest BCUT2D eigenvalue weighted by Gasteiger charge is 2.20. The zero-order valence-corrected chi connectivity index (χ0v) is 16.5. The predicted molar refractivity (Wildman–Crippen MR) is 108 cm³/mol. The number of nitrogens with zero attached hydrogens (tertiary/aromatic N) is 2. The molecule has 1 heterocycles. The fourth-order valence-corrected chi connectivity index (χ4v) is 3.83. The molecule has 3 rings (SSSR count). The molecule has 2 fully saturated rings. The van der Waals surface area contributed by atoms with Crippen LogP contribution in [0.5, 0.6) is 5.88 Å². The molecule has 0 aromatic carbocycles. The maximum absolute atomic E-state index is 9.65. The number of aliphatic hydroxyl groups excluding tert-OH is 1. The topological polar surface area (TPSA) is 78.8 Å². The number of nitrogens with one attached hydrogen (secondary N) is 2. The summed E-state index contributed by atoms with van der Waals surface area (Å²) >= 11 is 0. The third-order valence-electron chi connectivity index (χ3n) is 5.44. The molecule has 2 aliphatic rings. The predicted octanol–water partition coefficient (Wildman–Crippen LogP) is 3.15. The lowest BCUT2D eigenvalue weighted by Crippen LogP contribution is -2.45. The highest BCUT2D eigenvalue weighted by atomic mass is 16.5. The van der Waals surface area contributed by atoms with Crippen LogP contribution in [-0.4, -0.2) is 40.8 Å². The maximum atomic E-state index is 9.65. The Morgan fingerprint density at radius 2 is 1.93 bits per heavy atom. The molecule has 1 aromatic rings. The second-order valence-electron chi connectivity index (χ2n) is 7.73. The first kappa shape index (κ1) is 19.9. The largest absolute Gasteiger partial charge is 0.474 e. The van der Waals surface area contributed by atoms with Crippen molar-refractivity contribution in [2.24, 2.45) is 4.99 Å². The summed E-state index contributed by atoms with van der Waals surface area (Å²) in [4.78, 5) is 9.15. The van der Waals surface area contributed by atoms with Crippen molar-refractivity contribution in [2.45, 2.75) is 89.5 Å². The van der Waals surface area contributed by atoms with Crippen LogP contribution < -0.4 is 15.4 Å². The normalized spacial score (nSPS) is 24.4. The van der Waals surface area contributed by atoms with Crippen LogP contribution in [0, 0.1) is 0 Å². The van der Waals surface area contributed by atoms with Crippen LogP contribution in [0.25, 0.3) is 0 Å². The van der Waals surface area contributed by atoms with Crippen molar-refractivity contribution in [1.82, 2.24) is 15.6 Å². The maximum Gasteiger partial charge on any atom is 0.213 e. The molecule has 150 valence electrons. The quantitative estimate of drug-likeness (QED) is 0.527. The average Bonchev–Trinajstić information content (AvgIpc) is 2.70. The molecule has 0 aliphatic heterocycles. The van der Waals surface area contributed by atoms with Crippen LogP contribution in [0.15, 0.2) is 23.3 Å². The van der Waals surface area contributed by atoms with Gasteiger partial charge in [-0.15, -0.1) is 0 Å². The lowest BCUT2D eigenvalue weighted by Gasteiger charge is -2.27. The van der Waals surface area contributed by atoms with Gasteiger partial charge in [0.2, 0.25) is 5.88 Å². The third kappa shape index (κ3) is 6.69. The van der Waals surface area contributed by atoms with Crippen molar-refractivity contribution in [1.29, 1.82) is 0 Å². The Balaban J connectivity index is 1.50. The molecular formula is C21H34N4O2. The van der Waals surface area contributed by atoms with E-state index < -0.39 is 0 Å². The molecule has 0 unspecified atom stereocenters. The van der Waals surface area contributed by atoms with Gasteiger partial charge in [-0.05, 0) is 63.9 Å². The van der Waals surface area contributed by atoms with E-state index in [0.29, 0.717) is 18.7 Å². The van der Waals surface area contributed by atoms with E-state index in [4.69, 9.17) is 9.73 Å². The van der Waals surface area contributed by atoms with Gasteiger partial charge >= 0.3 is 0 Å². The monoisotopic (exact) mass is 374 g/mol. The van der Waals surface area contributed by atoms with Crippen LogP contribution in [0.1, 0.15) is 70.3 Å². The fourth-order valence-electron chi connectivity index (χ4n) is 3.83. The second-order valence-corrected chi connectivity index (χ2v) is 7.73. The lowest BCUT2D eigenvalue weighted by molar-refractivity contribution is 0.120. The Morgan fingerprint density at radius 1 is 1.15 bits per heavy atom. The molecule has 6 nitrogen and oxygen atoms in total. The highest BCUT2D eigenvalue weighted by molar-refractivity contribution is 5.80. The van der Waals surface area contributed by atoms with Crippen LogP contribution in [-0.2, 0) is 6.54 Å². The Morgan fingerprint density at radius 3 is 2.59 bits per heavy atom. The summed E-state index contributed by atoms with van der Waals surface area (Å²) in [7, 11) is 0. The molecular weight excluding hydrogens is 340 g/mol. The first-order valence-electron chi connectivity index (χ1n) is 10.6. The average molecular weight is 375 g/mol. The number of hydrogen-bond donors (Lipinski definition) is 3. The van der Waals surface area contributed by atoms with Crippen molar-refractivity contribution in [3.63, 3.8) is 0 Å². The van der Waals surface area contributed by atoms with E-state index in [2.05, 4.69) is 28.6 Å². The molecule has 3 N–H and O–H groups in total. The van der Waals surface area contributed by atoms with E-state index in [9.17, 15) is 5.11 Å². The lowest BCUT2D eigenvalue weighted by atomic mass is 9.93. The Hall–Kier alpha value is -1.82. The van der Waals surface area contributed by atoms with Crippen molar-refractivity contribution in [3.8, 4) is 5.88 Å². The molecule has 0 amide bonds. The van der Waals surface area contributed by atoms with Gasteiger partial charge in [-0.2, -0.15) is 0 Å². The van der Waals surface area contributed by atoms with Gasteiger partial charge in [0.15, 0.2) is 5.96 Å². The van der Waals surface area contributed by atoms with E-state index in [0.717, 1.165) is 62.5 Å². The first-order chi connectivity index (χ1) is 13.2. The van der Waals surface area contributed by atoms with Gasteiger partial charge in [0.25, 0.3) is 0 Å². The molecule has 2 aliphatic carbocycles. The van der Waals surface area contributed by atoms with Gasteiger partial charge in [-0.1, -0.05) is 12.5 Å². The van der Waals surface area contributed by atoms with Crippen molar-refractivity contribution in [3.05, 3.63) is 23.9 Å². The van der Waals surface area contributed by atoms with Crippen LogP contribution >= 0.6 is 0 Å². The summed E-state index contributed by atoms with van der Waals surface area (Å²) in [5, 5.41) is 16.5. The number of ether oxygens (including phenoxy) is 1. The summed E-state index contributed by atoms with van der Waals surface area (Å²) in [5.41, 5.74) is 1.07. The minimum atomic E-state index is -0.136. The zero-order valence-electron chi connectivity index (χ0n) is 16.5. The Kier molecular flexibility index (Phi) is 7.75. The standard InChI is InChI=1S/C21H34N4O2/c1-2-22-21(25-17-9-11-18(26)12-10-17)24-15-16-8-13-20(23-14-16)27-19-6-4-3-5-7-19/h8,13-14,17-19,26H,2-7,9-12,15H2,1H3,(H2,22,24,25). The Bertz CT molecular complexity index is 576. The Labute approximate surface area is 162 Å². The molecule has 27 heavy (non-hydrogen) atoms. The summed E-state index contributed by atoms with van der Waals surface area (Å²) in [6.07, 6.45) is 11.9. The summed E-state index contributed by atoms with van der Waals surface area (Å²) in [5.74, 6) is 1.56. The summed E-state index contributed by atoms with van der Waals surface area (Å²) in [6, 6.07) is 4.40. The van der Waals surface area contributed by atoms with Gasteiger partial charge in [-0.25, -0.2) is 9.98 Å². The number of aromatic nitrogens is 1. The van der Waals surface area contributed by atoms with Crippen LogP contribution in [0.2, 0.25) is 0 Å². The van der Waals surface area contributed by atoms with Gasteiger partial charge in [0.05, 0.1) is 12.6 Å². The smallest absolute Gasteiger partial charge is 0.213 e. The molecule has 0 bridgehead atoms. The molecule has 1 aromatic heterocycles. The molecule has 0 spiro atoms. The summed E-state index contributed by atoms with van der Waals surface area (Å²) in [6.45, 7) is 3.48. The molecule has 6 heteroatoms. The number of rotatable bonds is 6. The number of pyridine rings is 1. The highest BCUT2D eigenvalue weighted by Crippen LogP contribution is 2.22. The molecule has 2 saturated carbocycles. The van der Waals surface area contributed by atoms with E-state index in [1.807, 2.05) is 12.3 Å². The minimum Gasteiger partial charge on any atom is -0.474 e. The molecule has 0 radical (unpaired) electrons. The van der Waals surface area contributed by atoms with E-state index in [-0.39, 0.29) is 6.10 Å². The van der Waals surface area contributed by atoms with Crippen molar-refractivity contribution in [2.75, 3.05) is 6.54 Å². The van der Waals surface area contributed by atoms with Gasteiger partial charge in [0, 0.05) is 24.8 Å². The SMILES string of the molecule is CCNC(=NCc1ccc(OC2CCCCC2)nc1)NC1CCC(O)CC1. The van der Waals surface area contributed by atoms with Gasteiger partial charge in [-0.3, -0.25) is 0 Å².